The van der Waals surface area contributed by atoms with Gasteiger partial charge in [0.2, 0.25) is 5.17 Å². The molecule has 28 heavy (non-hydrogen) atoms. The number of carbonyl (C=O) groups is 1. The van der Waals surface area contributed by atoms with Crippen molar-refractivity contribution >= 4 is 50.9 Å². The van der Waals surface area contributed by atoms with Crippen LogP contribution in [0.5, 0.6) is 0 Å². The number of benzene rings is 1. The fourth-order valence-corrected chi connectivity index (χ4v) is 4.50. The van der Waals surface area contributed by atoms with E-state index in [-0.39, 0.29) is 17.2 Å². The van der Waals surface area contributed by atoms with Gasteiger partial charge in [-0.1, -0.05) is 12.1 Å². The van der Waals surface area contributed by atoms with Crippen LogP contribution in [0.4, 0.5) is 4.39 Å². The van der Waals surface area contributed by atoms with Crippen molar-refractivity contribution in [3.05, 3.63) is 58.7 Å². The summed E-state index contributed by atoms with van der Waals surface area (Å²) >= 11 is 2.71. The van der Waals surface area contributed by atoms with Crippen LogP contribution >= 0.6 is 23.5 Å². The number of hydrogen-bond acceptors (Lipinski definition) is 5. The molecule has 0 saturated heterocycles. The Balaban J connectivity index is 1.78. The van der Waals surface area contributed by atoms with Crippen molar-refractivity contribution in [1.82, 2.24) is 9.58 Å². The van der Waals surface area contributed by atoms with Crippen molar-refractivity contribution in [2.45, 2.75) is 13.8 Å². The molecule has 0 atom stereocenters. The summed E-state index contributed by atoms with van der Waals surface area (Å²) in [5, 5.41) is 14.5. The van der Waals surface area contributed by atoms with Gasteiger partial charge in [-0.25, -0.2) is 4.39 Å². The number of hydrogen-bond donors (Lipinski definition) is 1. The van der Waals surface area contributed by atoms with Gasteiger partial charge in [0, 0.05) is 11.4 Å². The average molecular weight is 414 g/mol. The highest BCUT2D eigenvalue weighted by Crippen LogP contribution is 2.32. The predicted molar refractivity (Wildman–Crippen MR) is 114 cm³/mol. The van der Waals surface area contributed by atoms with Gasteiger partial charge < -0.3 is 4.57 Å². The van der Waals surface area contributed by atoms with Gasteiger partial charge in [-0.2, -0.15) is 10.0 Å². The van der Waals surface area contributed by atoms with E-state index < -0.39 is 5.91 Å². The van der Waals surface area contributed by atoms with Crippen LogP contribution in [-0.2, 0) is 4.79 Å². The van der Waals surface area contributed by atoms with Gasteiger partial charge >= 0.3 is 0 Å². The number of amides is 1. The Morgan fingerprint density at radius 3 is 2.75 bits per heavy atom. The topological polar surface area (TPSA) is 73.8 Å². The van der Waals surface area contributed by atoms with Crippen molar-refractivity contribution in [3.63, 3.8) is 0 Å². The molecule has 1 amide bonds. The van der Waals surface area contributed by atoms with Crippen LogP contribution in [0.25, 0.3) is 11.8 Å². The molecule has 4 rings (SSSR count). The van der Waals surface area contributed by atoms with E-state index in [1.807, 2.05) is 26.2 Å². The minimum atomic E-state index is -0.475. The number of aryl methyl sites for hydroxylation is 1. The van der Waals surface area contributed by atoms with Gasteiger partial charge in [0.25, 0.3) is 5.91 Å². The van der Waals surface area contributed by atoms with Crippen molar-refractivity contribution in [2.24, 2.45) is 10.1 Å². The highest BCUT2D eigenvalue weighted by Gasteiger charge is 2.35. The minimum absolute atomic E-state index is 0.0118. The number of amidine groups is 2. The molecular weight excluding hydrogens is 397 g/mol. The number of carbonyl (C=O) groups excluding carboxylic acids is 1. The first-order valence-corrected chi connectivity index (χ1v) is 10.4. The van der Waals surface area contributed by atoms with Crippen LogP contribution in [0.15, 0.2) is 46.0 Å². The maximum Gasteiger partial charge on any atom is 0.283 e. The van der Waals surface area contributed by atoms with Crippen molar-refractivity contribution in [2.75, 3.05) is 6.26 Å². The molecular formula is C19H16FN5OS2. The van der Waals surface area contributed by atoms with Crippen LogP contribution in [-0.4, -0.2) is 37.1 Å². The smallest absolute Gasteiger partial charge is 0.283 e. The van der Waals surface area contributed by atoms with E-state index in [1.54, 1.807) is 28.8 Å². The van der Waals surface area contributed by atoms with Gasteiger partial charge in [-0.3, -0.25) is 10.2 Å². The van der Waals surface area contributed by atoms with E-state index in [9.17, 15) is 9.18 Å². The van der Waals surface area contributed by atoms with E-state index in [0.717, 1.165) is 21.3 Å². The van der Waals surface area contributed by atoms with Crippen LogP contribution in [0.2, 0.25) is 0 Å². The van der Waals surface area contributed by atoms with Gasteiger partial charge in [-0.15, -0.1) is 16.9 Å². The summed E-state index contributed by atoms with van der Waals surface area (Å²) in [5.41, 5.74) is 2.93. The zero-order valence-corrected chi connectivity index (χ0v) is 17.0. The quantitative estimate of drug-likeness (QED) is 0.750. The van der Waals surface area contributed by atoms with E-state index >= 15 is 0 Å². The Labute approximate surface area is 169 Å². The number of para-hydroxylation sites is 1. The molecule has 3 heterocycles. The molecule has 2 aliphatic heterocycles. The molecule has 0 fully saturated rings. The summed E-state index contributed by atoms with van der Waals surface area (Å²) in [5.74, 6) is -0.813. The van der Waals surface area contributed by atoms with Crippen LogP contribution in [0, 0.1) is 25.1 Å². The largest absolute Gasteiger partial charge is 0.315 e. The number of thioether (sulfide) groups is 2. The maximum absolute atomic E-state index is 14.3. The van der Waals surface area contributed by atoms with E-state index in [0.29, 0.717) is 10.9 Å². The first-order valence-electron chi connectivity index (χ1n) is 8.38. The van der Waals surface area contributed by atoms with Crippen molar-refractivity contribution in [1.29, 1.82) is 5.41 Å². The molecule has 6 nitrogen and oxygen atoms in total. The Morgan fingerprint density at radius 2 is 2.04 bits per heavy atom. The molecule has 0 spiro atoms. The number of aromatic nitrogens is 1. The zero-order valence-electron chi connectivity index (χ0n) is 15.4. The van der Waals surface area contributed by atoms with E-state index in [1.165, 1.54) is 34.6 Å². The first-order chi connectivity index (χ1) is 13.4. The van der Waals surface area contributed by atoms with Gasteiger partial charge in [0.05, 0.1) is 11.3 Å². The number of halogens is 1. The highest BCUT2D eigenvalue weighted by atomic mass is 32.2. The molecule has 1 aromatic carbocycles. The number of fused-ring (bicyclic) bond motifs is 1. The normalized spacial score (nSPS) is 17.9. The lowest BCUT2D eigenvalue weighted by atomic mass is 10.1. The molecule has 0 aliphatic carbocycles. The molecule has 0 bridgehead atoms. The summed E-state index contributed by atoms with van der Waals surface area (Å²) in [6.07, 6.45) is 3.51. The number of rotatable bonds is 2. The second-order valence-electron chi connectivity index (χ2n) is 6.20. The molecule has 9 heteroatoms. The van der Waals surface area contributed by atoms with Gasteiger partial charge in [0.1, 0.15) is 5.82 Å². The molecule has 1 aromatic heterocycles. The summed E-state index contributed by atoms with van der Waals surface area (Å²) in [6, 6.07) is 8.40. The third kappa shape index (κ3) is 3.00. The Kier molecular flexibility index (Phi) is 4.72. The lowest BCUT2D eigenvalue weighted by Gasteiger charge is -2.20. The first kappa shape index (κ1) is 18.7. The molecule has 2 aliphatic rings. The summed E-state index contributed by atoms with van der Waals surface area (Å²) < 4.78 is 16.8. The molecule has 0 unspecified atom stereocenters. The van der Waals surface area contributed by atoms with Crippen LogP contribution < -0.4 is 0 Å². The molecule has 0 radical (unpaired) electrons. The number of hydrazone groups is 1. The standard InChI is InChI=1S/C19H16FN5OS2/c1-10-8-12(11(2)24(10)15-7-5-4-6-14(15)20)9-13-16(21)25-18(22-17(13)26)28-19(23-25)27-3/h4-9,21H,1-3H3/b13-9-,21-16?. The molecule has 1 N–H and O–H groups in total. The molecule has 142 valence electrons. The van der Waals surface area contributed by atoms with Gasteiger partial charge in [-0.05, 0) is 61.7 Å². The fraction of sp³-hybridized carbons (Fsp3) is 0.158. The summed E-state index contributed by atoms with van der Waals surface area (Å²) in [6.45, 7) is 3.73. The van der Waals surface area contributed by atoms with Gasteiger partial charge in [0.15, 0.2) is 10.2 Å². The number of nitrogens with zero attached hydrogens (tertiary/aromatic N) is 4. The second kappa shape index (κ2) is 7.06. The molecule has 2 aromatic rings. The lowest BCUT2D eigenvalue weighted by Crippen LogP contribution is -2.35. The van der Waals surface area contributed by atoms with E-state index in [2.05, 4.69) is 10.1 Å². The Bertz CT molecular complexity index is 1120. The zero-order chi connectivity index (χ0) is 20.0. The Morgan fingerprint density at radius 1 is 1.29 bits per heavy atom. The monoisotopic (exact) mass is 413 g/mol. The number of aliphatic imine (C=N–C) groups is 1. The second-order valence-corrected chi connectivity index (χ2v) is 8.21. The Hall–Kier alpha value is -2.65. The maximum atomic E-state index is 14.3. The lowest BCUT2D eigenvalue weighted by molar-refractivity contribution is -0.114. The summed E-state index contributed by atoms with van der Waals surface area (Å²) in [7, 11) is 0. The van der Waals surface area contributed by atoms with Crippen molar-refractivity contribution in [3.8, 4) is 5.69 Å². The molecule has 0 saturated carbocycles. The van der Waals surface area contributed by atoms with Crippen molar-refractivity contribution < 1.29 is 9.18 Å². The predicted octanol–water partition coefficient (Wildman–Crippen LogP) is 4.17. The van der Waals surface area contributed by atoms with Crippen LogP contribution in [0.3, 0.4) is 0 Å². The summed E-state index contributed by atoms with van der Waals surface area (Å²) in [4.78, 5) is 16.6. The minimum Gasteiger partial charge on any atom is -0.315 e. The third-order valence-electron chi connectivity index (χ3n) is 4.47. The fourth-order valence-electron chi connectivity index (χ4n) is 3.15. The van der Waals surface area contributed by atoms with Crippen LogP contribution in [0.1, 0.15) is 17.0 Å². The SMILES string of the molecule is CSC1=NN2C(=N)/C(=C/c3cc(C)n(-c4ccccc4F)c3C)C(=O)N=C2S1. The third-order valence-corrected chi connectivity index (χ3v) is 6.36. The van der Waals surface area contributed by atoms with E-state index in [4.69, 9.17) is 5.41 Å². The highest BCUT2D eigenvalue weighted by molar-refractivity contribution is 8.45. The average Bonchev–Trinajstić information content (AvgIpc) is 3.20. The number of nitrogens with one attached hydrogen (secondary N) is 1.